The van der Waals surface area contributed by atoms with Gasteiger partial charge in [-0.2, -0.15) is 0 Å². The fourth-order valence-electron chi connectivity index (χ4n) is 1.51. The third-order valence-electron chi connectivity index (χ3n) is 2.31. The van der Waals surface area contributed by atoms with E-state index in [1.165, 1.54) is 24.3 Å². The molecular weight excluding hydrogens is 238 g/mol. The Morgan fingerprint density at radius 1 is 1.39 bits per heavy atom. The van der Waals surface area contributed by atoms with Crippen molar-refractivity contribution in [3.8, 4) is 11.5 Å². The molecule has 0 radical (unpaired) electrons. The minimum absolute atomic E-state index is 0.00870. The second-order valence-electron chi connectivity index (χ2n) is 3.65. The summed E-state index contributed by atoms with van der Waals surface area (Å²) in [4.78, 5) is 11.2. The highest BCUT2D eigenvalue weighted by molar-refractivity contribution is 6.00. The lowest BCUT2D eigenvalue weighted by Gasteiger charge is -2.30. The number of aromatic hydroxyl groups is 1. The minimum atomic E-state index is -1.08. The van der Waals surface area contributed by atoms with Crippen LogP contribution in [0.25, 0.3) is 0 Å². The number of carbonyl (C=O) groups excluding carboxylic acids is 1. The number of rotatable bonds is 3. The maximum absolute atomic E-state index is 11.2. The van der Waals surface area contributed by atoms with E-state index in [0.717, 1.165) is 6.08 Å². The Labute approximate surface area is 103 Å². The molecule has 6 heteroatoms. The first-order chi connectivity index (χ1) is 8.56. The molecule has 1 aromatic carbocycles. The predicted molar refractivity (Wildman–Crippen MR) is 61.7 cm³/mol. The number of benzene rings is 1. The van der Waals surface area contributed by atoms with Gasteiger partial charge in [-0.15, -0.1) is 0 Å². The molecule has 0 saturated heterocycles. The van der Waals surface area contributed by atoms with E-state index in [0.29, 0.717) is 0 Å². The summed E-state index contributed by atoms with van der Waals surface area (Å²) in [5.74, 6) is -0.102. The Bertz CT molecular complexity index is 521. The first kappa shape index (κ1) is 12.3. The Balaban J connectivity index is 2.23. The number of phenols is 1. The fourth-order valence-corrected chi connectivity index (χ4v) is 1.51. The first-order valence-electron chi connectivity index (χ1n) is 5.12. The predicted octanol–water partition coefficient (Wildman–Crippen LogP) is 1.35. The van der Waals surface area contributed by atoms with Gasteiger partial charge in [0.05, 0.1) is 6.04 Å². The van der Waals surface area contributed by atoms with Crippen molar-refractivity contribution < 1.29 is 19.8 Å². The van der Waals surface area contributed by atoms with Gasteiger partial charge in [-0.1, -0.05) is 12.1 Å². The van der Waals surface area contributed by atoms with Crippen LogP contribution in [0, 0.1) is 5.21 Å². The average Bonchev–Trinajstić information content (AvgIpc) is 2.28. The summed E-state index contributed by atoms with van der Waals surface area (Å²) in [6.07, 6.45) is 3.50. The second kappa shape index (κ2) is 5.01. The van der Waals surface area contributed by atoms with Crippen molar-refractivity contribution in [2.45, 2.75) is 6.04 Å². The largest absolute Gasteiger partial charge is 0.761 e. The van der Waals surface area contributed by atoms with Crippen LogP contribution in [0.1, 0.15) is 0 Å². The highest BCUT2D eigenvalue weighted by atomic mass is 16.8. The van der Waals surface area contributed by atoms with Gasteiger partial charge < -0.3 is 20.3 Å². The third-order valence-corrected chi connectivity index (χ3v) is 2.31. The number of ether oxygens (including phenoxy) is 1. The van der Waals surface area contributed by atoms with Gasteiger partial charge in [0.1, 0.15) is 17.3 Å². The molecule has 94 valence electrons. The second-order valence-corrected chi connectivity index (χ2v) is 3.65. The molecule has 6 nitrogen and oxygen atoms in total. The molecule has 2 rings (SSSR count). The summed E-state index contributed by atoms with van der Waals surface area (Å²) in [6.45, 7) is 0. The van der Waals surface area contributed by atoms with Crippen molar-refractivity contribution in [1.82, 2.24) is 5.23 Å². The standard InChI is InChI=1S/C12H10NO5/c14-8-2-1-3-10(6-8)18-12-7-9(15)4-5-11(12)13(16)17/h1-7,11,14,16H/q-1. The Morgan fingerprint density at radius 2 is 2.17 bits per heavy atom. The molecular formula is C12H10NO5-. The highest BCUT2D eigenvalue weighted by Gasteiger charge is 2.20. The van der Waals surface area contributed by atoms with Crippen LogP contribution in [0.5, 0.6) is 11.5 Å². The van der Waals surface area contributed by atoms with Crippen molar-refractivity contribution in [1.29, 1.82) is 0 Å². The van der Waals surface area contributed by atoms with Crippen molar-refractivity contribution in [3.63, 3.8) is 0 Å². The number of hydrogen-bond acceptors (Lipinski definition) is 6. The third kappa shape index (κ3) is 2.75. The van der Waals surface area contributed by atoms with E-state index < -0.39 is 6.04 Å². The molecule has 1 unspecified atom stereocenters. The van der Waals surface area contributed by atoms with Crippen molar-refractivity contribution in [3.05, 3.63) is 53.5 Å². The number of nitrogens with zero attached hydrogens (tertiary/aromatic N) is 1. The Kier molecular flexibility index (Phi) is 3.42. The topological polar surface area (TPSA) is 93.1 Å². The number of hydroxylamine groups is 2. The molecule has 1 atom stereocenters. The minimum Gasteiger partial charge on any atom is -0.761 e. The molecule has 0 spiro atoms. The van der Waals surface area contributed by atoms with Gasteiger partial charge in [0, 0.05) is 12.1 Å². The summed E-state index contributed by atoms with van der Waals surface area (Å²) in [6, 6.07) is 4.80. The number of hydrogen-bond donors (Lipinski definition) is 2. The summed E-state index contributed by atoms with van der Waals surface area (Å²) in [5, 5.41) is 28.8. The zero-order valence-electron chi connectivity index (χ0n) is 9.19. The lowest BCUT2D eigenvalue weighted by Crippen LogP contribution is -2.31. The van der Waals surface area contributed by atoms with Crippen LogP contribution in [-0.4, -0.2) is 27.4 Å². The SMILES string of the molecule is O=C1C=CC(N([O-])O)C(Oc2cccc(O)c2)=C1. The van der Waals surface area contributed by atoms with E-state index in [1.807, 2.05) is 0 Å². The van der Waals surface area contributed by atoms with E-state index >= 15 is 0 Å². The molecule has 0 amide bonds. The van der Waals surface area contributed by atoms with E-state index in [9.17, 15) is 15.1 Å². The molecule has 18 heavy (non-hydrogen) atoms. The van der Waals surface area contributed by atoms with E-state index in [4.69, 9.17) is 9.94 Å². The highest BCUT2D eigenvalue weighted by Crippen LogP contribution is 2.23. The van der Waals surface area contributed by atoms with Crippen LogP contribution in [-0.2, 0) is 4.79 Å². The van der Waals surface area contributed by atoms with Gasteiger partial charge >= 0.3 is 0 Å². The molecule has 1 aliphatic rings. The van der Waals surface area contributed by atoms with Gasteiger partial charge in [0.2, 0.25) is 0 Å². The molecule has 1 aromatic rings. The maximum atomic E-state index is 11.2. The van der Waals surface area contributed by atoms with Crippen LogP contribution >= 0.6 is 0 Å². The van der Waals surface area contributed by atoms with Crippen LogP contribution in [0.4, 0.5) is 0 Å². The summed E-state index contributed by atoms with van der Waals surface area (Å²) in [7, 11) is 0. The zero-order valence-corrected chi connectivity index (χ0v) is 9.19. The van der Waals surface area contributed by atoms with Gasteiger partial charge in [0.15, 0.2) is 5.78 Å². The lowest BCUT2D eigenvalue weighted by molar-refractivity contribution is -0.111. The van der Waals surface area contributed by atoms with Crippen LogP contribution in [0.2, 0.25) is 0 Å². The zero-order chi connectivity index (χ0) is 13.1. The van der Waals surface area contributed by atoms with Crippen LogP contribution in [0.3, 0.4) is 0 Å². The Hall–Kier alpha value is -2.15. The van der Waals surface area contributed by atoms with Gasteiger partial charge in [-0.05, 0) is 18.2 Å². The molecule has 0 fully saturated rings. The quantitative estimate of drug-likeness (QED) is 0.784. The molecule has 0 bridgehead atoms. The molecule has 2 N–H and O–H groups in total. The number of allylic oxidation sites excluding steroid dienone is 2. The molecule has 0 aromatic heterocycles. The summed E-state index contributed by atoms with van der Waals surface area (Å²) < 4.78 is 5.31. The monoisotopic (exact) mass is 248 g/mol. The molecule has 0 aliphatic heterocycles. The van der Waals surface area contributed by atoms with Crippen molar-refractivity contribution in [2.75, 3.05) is 0 Å². The maximum Gasteiger partial charge on any atom is 0.181 e. The Morgan fingerprint density at radius 3 is 2.83 bits per heavy atom. The smallest absolute Gasteiger partial charge is 0.181 e. The van der Waals surface area contributed by atoms with E-state index in [1.54, 1.807) is 12.1 Å². The van der Waals surface area contributed by atoms with Gasteiger partial charge in [-0.25, -0.2) is 0 Å². The number of ketones is 1. The van der Waals surface area contributed by atoms with E-state index in [2.05, 4.69) is 0 Å². The van der Waals surface area contributed by atoms with Crippen molar-refractivity contribution in [2.24, 2.45) is 0 Å². The molecule has 1 aliphatic carbocycles. The van der Waals surface area contributed by atoms with Gasteiger partial charge in [-0.3, -0.25) is 10.0 Å². The summed E-state index contributed by atoms with van der Waals surface area (Å²) >= 11 is 0. The fraction of sp³-hybridized carbons (Fsp3) is 0.0833. The number of carbonyl (C=O) groups is 1. The summed E-state index contributed by atoms with van der Waals surface area (Å²) in [5.41, 5.74) is 0. The first-order valence-corrected chi connectivity index (χ1v) is 5.12. The molecule has 0 saturated carbocycles. The van der Waals surface area contributed by atoms with E-state index in [-0.39, 0.29) is 28.3 Å². The van der Waals surface area contributed by atoms with Crippen molar-refractivity contribution >= 4 is 5.78 Å². The number of phenolic OH excluding ortho intramolecular Hbond substituents is 1. The van der Waals surface area contributed by atoms with Gasteiger partial charge in [0.25, 0.3) is 0 Å². The lowest BCUT2D eigenvalue weighted by atomic mass is 10.1. The average molecular weight is 248 g/mol. The molecule has 0 heterocycles. The van der Waals surface area contributed by atoms with Crippen LogP contribution < -0.4 is 4.74 Å². The van der Waals surface area contributed by atoms with Crippen LogP contribution in [0.15, 0.2) is 48.3 Å². The normalized spacial score (nSPS) is 18.9.